The van der Waals surface area contributed by atoms with Crippen LogP contribution in [-0.2, 0) is 6.18 Å². The minimum atomic E-state index is -4.46. The summed E-state index contributed by atoms with van der Waals surface area (Å²) in [6, 6.07) is 9.60. The number of halogens is 3. The van der Waals surface area contributed by atoms with Gasteiger partial charge in [0.25, 0.3) is 0 Å². The lowest BCUT2D eigenvalue weighted by Crippen LogP contribution is -2.04. The van der Waals surface area contributed by atoms with Crippen LogP contribution in [0.5, 0.6) is 11.5 Å². The van der Waals surface area contributed by atoms with Crippen molar-refractivity contribution in [3.8, 4) is 22.6 Å². The van der Waals surface area contributed by atoms with Crippen molar-refractivity contribution in [3.05, 3.63) is 48.0 Å². The first-order valence-electron chi connectivity index (χ1n) is 5.46. The summed E-state index contributed by atoms with van der Waals surface area (Å²) in [4.78, 5) is 0. The minimum Gasteiger partial charge on any atom is -0.507 e. The van der Waals surface area contributed by atoms with Gasteiger partial charge in [0.05, 0.1) is 12.7 Å². The van der Waals surface area contributed by atoms with Crippen LogP contribution < -0.4 is 4.74 Å². The van der Waals surface area contributed by atoms with Crippen LogP contribution in [-0.4, -0.2) is 12.2 Å². The van der Waals surface area contributed by atoms with Gasteiger partial charge in [-0.3, -0.25) is 0 Å². The van der Waals surface area contributed by atoms with Gasteiger partial charge in [-0.25, -0.2) is 0 Å². The lowest BCUT2D eigenvalue weighted by atomic mass is 10.0. The Hall–Kier alpha value is -2.17. The van der Waals surface area contributed by atoms with E-state index in [4.69, 9.17) is 4.74 Å². The van der Waals surface area contributed by atoms with E-state index in [0.717, 1.165) is 12.1 Å². The highest BCUT2D eigenvalue weighted by Crippen LogP contribution is 2.36. The van der Waals surface area contributed by atoms with Crippen molar-refractivity contribution in [2.24, 2.45) is 0 Å². The predicted octanol–water partition coefficient (Wildman–Crippen LogP) is 4.09. The summed E-state index contributed by atoms with van der Waals surface area (Å²) in [6.45, 7) is 0. The van der Waals surface area contributed by atoms with E-state index < -0.39 is 17.5 Å². The molecule has 0 aliphatic carbocycles. The molecule has 0 spiro atoms. The fourth-order valence-corrected chi connectivity index (χ4v) is 1.72. The summed E-state index contributed by atoms with van der Waals surface area (Å²) >= 11 is 0. The van der Waals surface area contributed by atoms with Gasteiger partial charge in [0, 0.05) is 5.56 Å². The van der Waals surface area contributed by atoms with E-state index in [2.05, 4.69) is 0 Å². The average Bonchev–Trinajstić information content (AvgIpc) is 2.38. The van der Waals surface area contributed by atoms with E-state index in [-0.39, 0.29) is 0 Å². The third-order valence-electron chi connectivity index (χ3n) is 2.73. The first-order valence-corrected chi connectivity index (χ1v) is 5.46. The Morgan fingerprint density at radius 3 is 2.11 bits per heavy atom. The summed E-state index contributed by atoms with van der Waals surface area (Å²) in [5.74, 6) is 0.232. The number of alkyl halides is 3. The van der Waals surface area contributed by atoms with E-state index >= 15 is 0 Å². The van der Waals surface area contributed by atoms with Crippen LogP contribution >= 0.6 is 0 Å². The molecule has 100 valence electrons. The number of aromatic hydroxyl groups is 1. The smallest absolute Gasteiger partial charge is 0.416 e. The zero-order chi connectivity index (χ0) is 14.0. The van der Waals surface area contributed by atoms with Crippen LogP contribution in [0, 0.1) is 0 Å². The number of ether oxygens (including phenoxy) is 1. The molecule has 0 saturated heterocycles. The van der Waals surface area contributed by atoms with Crippen molar-refractivity contribution >= 4 is 0 Å². The molecule has 0 bridgehead atoms. The molecule has 2 nitrogen and oxygen atoms in total. The van der Waals surface area contributed by atoms with Crippen molar-refractivity contribution in [1.82, 2.24) is 0 Å². The van der Waals surface area contributed by atoms with Gasteiger partial charge in [0.15, 0.2) is 0 Å². The van der Waals surface area contributed by atoms with Crippen molar-refractivity contribution in [1.29, 1.82) is 0 Å². The fourth-order valence-electron chi connectivity index (χ4n) is 1.72. The fraction of sp³-hybridized carbons (Fsp3) is 0.143. The molecule has 0 unspecified atom stereocenters. The summed E-state index contributed by atoms with van der Waals surface area (Å²) in [5.41, 5.74) is 0.0879. The Morgan fingerprint density at radius 2 is 1.63 bits per heavy atom. The number of benzene rings is 2. The second kappa shape index (κ2) is 4.84. The maximum absolute atomic E-state index is 12.5. The van der Waals surface area contributed by atoms with Gasteiger partial charge in [-0.1, -0.05) is 18.2 Å². The molecular weight excluding hydrogens is 257 g/mol. The van der Waals surface area contributed by atoms with E-state index in [1.807, 2.05) is 0 Å². The van der Waals surface area contributed by atoms with Crippen LogP contribution in [0.15, 0.2) is 42.5 Å². The second-order valence-electron chi connectivity index (χ2n) is 3.96. The molecule has 0 amide bonds. The van der Waals surface area contributed by atoms with Gasteiger partial charge in [-0.05, 0) is 29.8 Å². The topological polar surface area (TPSA) is 29.5 Å². The number of rotatable bonds is 2. The number of methoxy groups -OCH3 is 1. The molecular formula is C14H11F3O2. The van der Waals surface area contributed by atoms with Gasteiger partial charge in [0.1, 0.15) is 11.5 Å². The van der Waals surface area contributed by atoms with Crippen LogP contribution in [0.1, 0.15) is 5.56 Å². The van der Waals surface area contributed by atoms with E-state index in [9.17, 15) is 18.3 Å². The van der Waals surface area contributed by atoms with E-state index in [1.165, 1.54) is 13.2 Å². The highest BCUT2D eigenvalue weighted by atomic mass is 19.4. The molecule has 19 heavy (non-hydrogen) atoms. The quantitative estimate of drug-likeness (QED) is 0.889. The molecule has 0 heterocycles. The maximum atomic E-state index is 12.5. The number of phenols is 1. The minimum absolute atomic E-state index is 0.343. The van der Waals surface area contributed by atoms with E-state index in [1.54, 1.807) is 24.3 Å². The molecule has 2 aromatic carbocycles. The zero-order valence-corrected chi connectivity index (χ0v) is 10.0. The monoisotopic (exact) mass is 268 g/mol. The molecule has 0 saturated carbocycles. The number of hydrogen-bond acceptors (Lipinski definition) is 2. The van der Waals surface area contributed by atoms with Gasteiger partial charge < -0.3 is 9.84 Å². The largest absolute Gasteiger partial charge is 0.507 e. The summed E-state index contributed by atoms with van der Waals surface area (Å²) in [5, 5.41) is 9.70. The molecule has 0 aliphatic rings. The summed E-state index contributed by atoms with van der Waals surface area (Å²) < 4.78 is 42.4. The lowest BCUT2D eigenvalue weighted by molar-refractivity contribution is -0.137. The average molecular weight is 268 g/mol. The Labute approximate surface area is 108 Å². The first-order chi connectivity index (χ1) is 8.91. The molecule has 0 aliphatic heterocycles. The maximum Gasteiger partial charge on any atom is 0.416 e. The standard InChI is InChI=1S/C14H11F3O2/c1-19-11-5-2-9(3-6-11)12-7-4-10(8-13(12)18)14(15,16)17/h2-8,18H,1H3. The van der Waals surface area contributed by atoms with Crippen LogP contribution in [0.4, 0.5) is 13.2 Å². The molecule has 0 aromatic heterocycles. The summed E-state index contributed by atoms with van der Waals surface area (Å²) in [6.07, 6.45) is -4.46. The SMILES string of the molecule is COc1ccc(-c2ccc(C(F)(F)F)cc2O)cc1. The predicted molar refractivity (Wildman–Crippen MR) is 65.1 cm³/mol. The Morgan fingerprint density at radius 1 is 1.00 bits per heavy atom. The van der Waals surface area contributed by atoms with Crippen molar-refractivity contribution in [3.63, 3.8) is 0 Å². The molecule has 0 fully saturated rings. The molecule has 0 atom stereocenters. The highest BCUT2D eigenvalue weighted by Gasteiger charge is 2.31. The lowest BCUT2D eigenvalue weighted by Gasteiger charge is -2.10. The van der Waals surface area contributed by atoms with Crippen LogP contribution in [0.25, 0.3) is 11.1 Å². The van der Waals surface area contributed by atoms with Gasteiger partial charge in [-0.2, -0.15) is 13.2 Å². The van der Waals surface area contributed by atoms with Crippen LogP contribution in [0.3, 0.4) is 0 Å². The normalized spacial score (nSPS) is 11.4. The van der Waals surface area contributed by atoms with Crippen molar-refractivity contribution < 1.29 is 23.0 Å². The Kier molecular flexibility index (Phi) is 3.38. The van der Waals surface area contributed by atoms with Crippen LogP contribution in [0.2, 0.25) is 0 Å². The molecule has 5 heteroatoms. The first kappa shape index (κ1) is 13.3. The van der Waals surface area contributed by atoms with Crippen molar-refractivity contribution in [2.75, 3.05) is 7.11 Å². The molecule has 2 aromatic rings. The highest BCUT2D eigenvalue weighted by molar-refractivity contribution is 5.71. The Bertz CT molecular complexity index is 574. The van der Waals surface area contributed by atoms with Gasteiger partial charge >= 0.3 is 6.18 Å². The number of hydrogen-bond donors (Lipinski definition) is 1. The van der Waals surface area contributed by atoms with Gasteiger partial charge in [-0.15, -0.1) is 0 Å². The number of phenolic OH excluding ortho intramolecular Hbond substituents is 1. The Balaban J connectivity index is 2.40. The third-order valence-corrected chi connectivity index (χ3v) is 2.73. The molecule has 1 N–H and O–H groups in total. The van der Waals surface area contributed by atoms with Crippen molar-refractivity contribution in [2.45, 2.75) is 6.18 Å². The zero-order valence-electron chi connectivity index (χ0n) is 10.0. The third kappa shape index (κ3) is 2.81. The molecule has 2 rings (SSSR count). The van der Waals surface area contributed by atoms with E-state index in [0.29, 0.717) is 16.9 Å². The summed E-state index contributed by atoms with van der Waals surface area (Å²) in [7, 11) is 1.52. The second-order valence-corrected chi connectivity index (χ2v) is 3.96. The van der Waals surface area contributed by atoms with Gasteiger partial charge in [0.2, 0.25) is 0 Å². The molecule has 0 radical (unpaired) electrons.